The van der Waals surface area contributed by atoms with Crippen molar-refractivity contribution in [3.05, 3.63) is 29.8 Å². The molecule has 106 valence electrons. The number of halogens is 1. The average molecular weight is 284 g/mol. The van der Waals surface area contributed by atoms with Crippen LogP contribution in [0.25, 0.3) is 0 Å². The number of alkyl halides is 1. The highest BCUT2D eigenvalue weighted by Gasteiger charge is 2.09. The molecule has 0 aliphatic heterocycles. The van der Waals surface area contributed by atoms with Crippen LogP contribution < -0.4 is 10.1 Å². The van der Waals surface area contributed by atoms with E-state index in [1.807, 2.05) is 45.0 Å². The van der Waals surface area contributed by atoms with E-state index in [2.05, 4.69) is 5.32 Å². The first-order valence-corrected chi connectivity index (χ1v) is 7.18. The molecule has 0 fully saturated rings. The maximum atomic E-state index is 11.6. The summed E-state index contributed by atoms with van der Waals surface area (Å²) in [5.41, 5.74) is 1.07. The first-order valence-electron chi connectivity index (χ1n) is 6.65. The number of nitrogens with one attached hydrogen (secondary N) is 1. The van der Waals surface area contributed by atoms with Crippen molar-refractivity contribution in [1.82, 2.24) is 5.32 Å². The lowest BCUT2D eigenvalue weighted by Gasteiger charge is -2.15. The Kier molecular flexibility index (Phi) is 6.71. The zero-order chi connectivity index (χ0) is 14.3. The lowest BCUT2D eigenvalue weighted by atomic mass is 10.1. The van der Waals surface area contributed by atoms with Crippen LogP contribution in [0.15, 0.2) is 24.3 Å². The highest BCUT2D eigenvalue weighted by atomic mass is 35.5. The third-order valence-corrected chi connectivity index (χ3v) is 2.93. The van der Waals surface area contributed by atoms with E-state index in [0.29, 0.717) is 18.7 Å². The largest absolute Gasteiger partial charge is 0.491 e. The van der Waals surface area contributed by atoms with Crippen molar-refractivity contribution in [3.63, 3.8) is 0 Å². The molecule has 0 bridgehead atoms. The van der Waals surface area contributed by atoms with Crippen LogP contribution in [-0.4, -0.2) is 17.9 Å². The fourth-order valence-corrected chi connectivity index (χ4v) is 1.87. The summed E-state index contributed by atoms with van der Waals surface area (Å²) in [6.45, 7) is 5.96. The monoisotopic (exact) mass is 283 g/mol. The summed E-state index contributed by atoms with van der Waals surface area (Å²) in [7, 11) is 0. The van der Waals surface area contributed by atoms with Crippen molar-refractivity contribution in [2.75, 3.05) is 5.88 Å². The number of carbonyl (C=O) groups excluding carboxylic acids is 1. The predicted molar refractivity (Wildman–Crippen MR) is 78.7 cm³/mol. The van der Waals surface area contributed by atoms with Crippen molar-refractivity contribution in [1.29, 1.82) is 0 Å². The van der Waals surface area contributed by atoms with Gasteiger partial charge in [0.15, 0.2) is 0 Å². The van der Waals surface area contributed by atoms with Crippen molar-refractivity contribution in [2.24, 2.45) is 0 Å². The second-order valence-electron chi connectivity index (χ2n) is 4.82. The highest BCUT2D eigenvalue weighted by molar-refractivity contribution is 6.17. The van der Waals surface area contributed by atoms with Gasteiger partial charge in [0.2, 0.25) is 5.91 Å². The minimum absolute atomic E-state index is 0.00377. The summed E-state index contributed by atoms with van der Waals surface area (Å²) in [5, 5.41) is 2.95. The van der Waals surface area contributed by atoms with Gasteiger partial charge in [-0.1, -0.05) is 12.1 Å². The Morgan fingerprint density at radius 3 is 2.42 bits per heavy atom. The zero-order valence-corrected chi connectivity index (χ0v) is 12.5. The number of hydrogen-bond acceptors (Lipinski definition) is 2. The minimum atomic E-state index is -0.00377. The maximum Gasteiger partial charge on any atom is 0.220 e. The molecule has 1 aromatic carbocycles. The van der Waals surface area contributed by atoms with Gasteiger partial charge in [0, 0.05) is 12.3 Å². The third-order valence-electron chi connectivity index (χ3n) is 2.67. The molecular formula is C15H22ClNO2. The first-order chi connectivity index (χ1) is 9.02. The van der Waals surface area contributed by atoms with Gasteiger partial charge < -0.3 is 10.1 Å². The lowest BCUT2D eigenvalue weighted by molar-refractivity contribution is -0.121. The van der Waals surface area contributed by atoms with Crippen LogP contribution in [0.2, 0.25) is 0 Å². The molecule has 3 nitrogen and oxygen atoms in total. The lowest BCUT2D eigenvalue weighted by Crippen LogP contribution is -2.26. The predicted octanol–water partition coefficient (Wildman–Crippen LogP) is 3.67. The average Bonchev–Trinajstić information content (AvgIpc) is 2.36. The fourth-order valence-electron chi connectivity index (χ4n) is 1.73. The molecular weight excluding hydrogens is 262 g/mol. The minimum Gasteiger partial charge on any atom is -0.491 e. The van der Waals surface area contributed by atoms with Crippen LogP contribution in [-0.2, 0) is 4.79 Å². The van der Waals surface area contributed by atoms with Crippen LogP contribution in [0.1, 0.15) is 45.2 Å². The second-order valence-corrected chi connectivity index (χ2v) is 5.20. The SMILES string of the molecule is CC(C)Oc1ccc(C(C)NC(=O)CCCCl)cc1. The van der Waals surface area contributed by atoms with Crippen molar-refractivity contribution in [3.8, 4) is 5.75 Å². The van der Waals surface area contributed by atoms with Gasteiger partial charge in [0.05, 0.1) is 12.1 Å². The highest BCUT2D eigenvalue weighted by Crippen LogP contribution is 2.18. The second kappa shape index (κ2) is 8.05. The van der Waals surface area contributed by atoms with Crippen molar-refractivity contribution >= 4 is 17.5 Å². The Morgan fingerprint density at radius 2 is 1.89 bits per heavy atom. The van der Waals surface area contributed by atoms with Gasteiger partial charge in [0.25, 0.3) is 0 Å². The number of carbonyl (C=O) groups is 1. The van der Waals surface area contributed by atoms with Crippen molar-refractivity contribution < 1.29 is 9.53 Å². The Hall–Kier alpha value is -1.22. The van der Waals surface area contributed by atoms with E-state index in [1.165, 1.54) is 0 Å². The molecule has 1 unspecified atom stereocenters. The molecule has 0 aromatic heterocycles. The van der Waals surface area contributed by atoms with E-state index in [9.17, 15) is 4.79 Å². The summed E-state index contributed by atoms with van der Waals surface area (Å²) >= 11 is 5.56. The Bertz CT molecular complexity index is 390. The molecule has 0 saturated carbocycles. The molecule has 1 aromatic rings. The summed E-state index contributed by atoms with van der Waals surface area (Å²) in [6.07, 6.45) is 1.35. The van der Waals surface area contributed by atoms with Gasteiger partial charge in [0.1, 0.15) is 5.75 Å². The van der Waals surface area contributed by atoms with E-state index in [0.717, 1.165) is 11.3 Å². The molecule has 1 atom stereocenters. The van der Waals surface area contributed by atoms with Gasteiger partial charge in [-0.3, -0.25) is 4.79 Å². The number of rotatable bonds is 7. The molecule has 0 radical (unpaired) electrons. The van der Waals surface area contributed by atoms with Gasteiger partial charge in [-0.15, -0.1) is 11.6 Å². The first kappa shape index (κ1) is 15.8. The molecule has 0 heterocycles. The topological polar surface area (TPSA) is 38.3 Å². The normalized spacial score (nSPS) is 12.3. The Balaban J connectivity index is 2.52. The molecule has 1 rings (SSSR count). The summed E-state index contributed by atoms with van der Waals surface area (Å²) in [5.74, 6) is 1.40. The van der Waals surface area contributed by atoms with Gasteiger partial charge in [-0.2, -0.15) is 0 Å². The number of ether oxygens (including phenoxy) is 1. The quantitative estimate of drug-likeness (QED) is 0.776. The summed E-state index contributed by atoms with van der Waals surface area (Å²) in [6, 6.07) is 7.80. The molecule has 1 amide bonds. The van der Waals surface area contributed by atoms with Crippen LogP contribution in [0.5, 0.6) is 5.75 Å². The van der Waals surface area contributed by atoms with E-state index >= 15 is 0 Å². The number of amides is 1. The molecule has 19 heavy (non-hydrogen) atoms. The Labute approximate surface area is 120 Å². The van der Waals surface area contributed by atoms with Gasteiger partial charge in [-0.05, 0) is 44.9 Å². The maximum absolute atomic E-state index is 11.6. The smallest absolute Gasteiger partial charge is 0.220 e. The van der Waals surface area contributed by atoms with Crippen LogP contribution in [0.3, 0.4) is 0 Å². The van der Waals surface area contributed by atoms with Crippen LogP contribution in [0, 0.1) is 0 Å². The van der Waals surface area contributed by atoms with E-state index in [-0.39, 0.29) is 18.1 Å². The molecule has 0 aliphatic rings. The van der Waals surface area contributed by atoms with E-state index in [1.54, 1.807) is 0 Å². The fraction of sp³-hybridized carbons (Fsp3) is 0.533. The Morgan fingerprint density at radius 1 is 1.26 bits per heavy atom. The van der Waals surface area contributed by atoms with Crippen LogP contribution in [0.4, 0.5) is 0 Å². The summed E-state index contributed by atoms with van der Waals surface area (Å²) < 4.78 is 5.58. The zero-order valence-electron chi connectivity index (χ0n) is 11.8. The van der Waals surface area contributed by atoms with Crippen LogP contribution >= 0.6 is 11.6 Å². The third kappa shape index (κ3) is 5.97. The van der Waals surface area contributed by atoms with Gasteiger partial charge in [-0.25, -0.2) is 0 Å². The number of hydrogen-bond donors (Lipinski definition) is 1. The van der Waals surface area contributed by atoms with Gasteiger partial charge >= 0.3 is 0 Å². The number of benzene rings is 1. The molecule has 1 N–H and O–H groups in total. The molecule has 0 spiro atoms. The standard InChI is InChI=1S/C15H22ClNO2/c1-11(2)19-14-8-6-13(7-9-14)12(3)17-15(18)5-4-10-16/h6-9,11-12H,4-5,10H2,1-3H3,(H,17,18). The molecule has 0 aliphatic carbocycles. The van der Waals surface area contributed by atoms with E-state index < -0.39 is 0 Å². The summed E-state index contributed by atoms with van der Waals surface area (Å²) in [4.78, 5) is 11.6. The molecule has 0 saturated heterocycles. The van der Waals surface area contributed by atoms with Crippen molar-refractivity contribution in [2.45, 2.75) is 45.8 Å². The molecule has 4 heteroatoms. The van der Waals surface area contributed by atoms with E-state index in [4.69, 9.17) is 16.3 Å².